The number of halogens is 1. The Kier molecular flexibility index (Phi) is 9.81. The fourth-order valence-corrected chi connectivity index (χ4v) is 3.37. The molecule has 0 saturated heterocycles. The number of aryl methyl sites for hydroxylation is 2. The van der Waals surface area contributed by atoms with E-state index in [0.29, 0.717) is 0 Å². The maximum atomic E-state index is 5.17. The molecule has 2 N–H and O–H groups in total. The van der Waals surface area contributed by atoms with Gasteiger partial charge in [-0.05, 0) is 38.0 Å². The van der Waals surface area contributed by atoms with E-state index in [0.717, 1.165) is 48.3 Å². The monoisotopic (exact) mass is 474 g/mol. The summed E-state index contributed by atoms with van der Waals surface area (Å²) >= 11 is 1.77. The van der Waals surface area contributed by atoms with Crippen molar-refractivity contribution >= 4 is 41.3 Å². The van der Waals surface area contributed by atoms with Crippen molar-refractivity contribution in [3.05, 3.63) is 45.4 Å². The van der Waals surface area contributed by atoms with Gasteiger partial charge in [0.1, 0.15) is 5.75 Å². The van der Waals surface area contributed by atoms with Crippen LogP contribution in [-0.4, -0.2) is 38.2 Å². The Morgan fingerprint density at radius 3 is 2.28 bits per heavy atom. The third-order valence-electron chi connectivity index (χ3n) is 3.73. The van der Waals surface area contributed by atoms with Crippen LogP contribution in [0.25, 0.3) is 0 Å². The molecule has 25 heavy (non-hydrogen) atoms. The molecule has 1 heterocycles. The highest BCUT2D eigenvalue weighted by molar-refractivity contribution is 14.0. The van der Waals surface area contributed by atoms with Gasteiger partial charge in [-0.25, -0.2) is 4.98 Å². The van der Waals surface area contributed by atoms with Gasteiger partial charge < -0.3 is 15.4 Å². The van der Waals surface area contributed by atoms with Crippen molar-refractivity contribution in [1.29, 1.82) is 0 Å². The van der Waals surface area contributed by atoms with Crippen LogP contribution < -0.4 is 15.4 Å². The van der Waals surface area contributed by atoms with Crippen molar-refractivity contribution in [2.75, 3.05) is 27.2 Å². The number of nitrogens with one attached hydrogen (secondary N) is 2. The molecule has 1 aromatic carbocycles. The number of guanidine groups is 1. The fraction of sp³-hybridized carbons (Fsp3) is 0.444. The molecule has 5 nitrogen and oxygen atoms in total. The third kappa shape index (κ3) is 7.19. The summed E-state index contributed by atoms with van der Waals surface area (Å²) < 4.78 is 5.17. The number of hydrogen-bond donors (Lipinski definition) is 2. The largest absolute Gasteiger partial charge is 0.497 e. The number of methoxy groups -OCH3 is 1. The van der Waals surface area contributed by atoms with Gasteiger partial charge in [0.05, 0.1) is 17.8 Å². The highest BCUT2D eigenvalue weighted by Gasteiger charge is 2.05. The van der Waals surface area contributed by atoms with Gasteiger partial charge in [0.2, 0.25) is 0 Å². The standard InChI is InChI=1S/C18H26N4OS.HI/c1-13-17(24-14(2)22-13)10-12-21-18(19-3)20-11-9-15-5-7-16(23-4)8-6-15;/h5-8H,9-12H2,1-4H3,(H2,19,20,21);1H. The third-order valence-corrected chi connectivity index (χ3v) is 4.87. The van der Waals surface area contributed by atoms with Crippen LogP contribution in [0.1, 0.15) is 21.1 Å². The second kappa shape index (κ2) is 11.3. The van der Waals surface area contributed by atoms with Gasteiger partial charge in [-0.15, -0.1) is 35.3 Å². The van der Waals surface area contributed by atoms with Crippen LogP contribution in [0.15, 0.2) is 29.3 Å². The molecule has 0 fully saturated rings. The summed E-state index contributed by atoms with van der Waals surface area (Å²) in [6.45, 7) is 5.81. The number of aliphatic imine (C=N–C) groups is 1. The predicted molar refractivity (Wildman–Crippen MR) is 117 cm³/mol. The van der Waals surface area contributed by atoms with Crippen LogP contribution in [0.5, 0.6) is 5.75 Å². The second-order valence-corrected chi connectivity index (χ2v) is 6.80. The molecular weight excluding hydrogens is 447 g/mol. The molecule has 0 atom stereocenters. The Bertz CT molecular complexity index is 670. The first kappa shape index (κ1) is 21.7. The molecular formula is C18H27IN4OS. The van der Waals surface area contributed by atoms with Crippen molar-refractivity contribution in [3.63, 3.8) is 0 Å². The van der Waals surface area contributed by atoms with Crippen molar-refractivity contribution in [2.45, 2.75) is 26.7 Å². The quantitative estimate of drug-likeness (QED) is 0.367. The topological polar surface area (TPSA) is 58.5 Å². The molecule has 2 rings (SSSR count). The minimum Gasteiger partial charge on any atom is -0.497 e. The number of hydrogen-bond acceptors (Lipinski definition) is 4. The Hall–Kier alpha value is -1.35. The van der Waals surface area contributed by atoms with Gasteiger partial charge in [0.15, 0.2) is 5.96 Å². The van der Waals surface area contributed by atoms with Crippen LogP contribution in [0.2, 0.25) is 0 Å². The van der Waals surface area contributed by atoms with Crippen LogP contribution in [-0.2, 0) is 12.8 Å². The molecule has 138 valence electrons. The van der Waals surface area contributed by atoms with Crippen molar-refractivity contribution in [1.82, 2.24) is 15.6 Å². The van der Waals surface area contributed by atoms with E-state index in [9.17, 15) is 0 Å². The van der Waals surface area contributed by atoms with E-state index >= 15 is 0 Å². The van der Waals surface area contributed by atoms with Crippen molar-refractivity contribution < 1.29 is 4.74 Å². The average molecular weight is 474 g/mol. The lowest BCUT2D eigenvalue weighted by atomic mass is 10.1. The Morgan fingerprint density at radius 1 is 1.12 bits per heavy atom. The summed E-state index contributed by atoms with van der Waals surface area (Å²) in [5.74, 6) is 1.72. The first-order valence-electron chi connectivity index (χ1n) is 8.12. The molecule has 0 bridgehead atoms. The summed E-state index contributed by atoms with van der Waals surface area (Å²) in [4.78, 5) is 10.1. The van der Waals surface area contributed by atoms with Gasteiger partial charge in [-0.1, -0.05) is 12.1 Å². The number of benzene rings is 1. The van der Waals surface area contributed by atoms with Crippen molar-refractivity contribution in [3.8, 4) is 5.75 Å². The van der Waals surface area contributed by atoms with Crippen LogP contribution in [0, 0.1) is 13.8 Å². The van der Waals surface area contributed by atoms with Crippen molar-refractivity contribution in [2.24, 2.45) is 4.99 Å². The van der Waals surface area contributed by atoms with E-state index in [2.05, 4.69) is 39.7 Å². The highest BCUT2D eigenvalue weighted by Crippen LogP contribution is 2.17. The maximum absolute atomic E-state index is 5.17. The molecule has 0 unspecified atom stereocenters. The Labute approximate surface area is 171 Å². The molecule has 0 spiro atoms. The van der Waals surface area contributed by atoms with Gasteiger partial charge >= 0.3 is 0 Å². The predicted octanol–water partition coefficient (Wildman–Crippen LogP) is 3.34. The summed E-state index contributed by atoms with van der Waals surface area (Å²) in [6.07, 6.45) is 1.91. The first-order valence-corrected chi connectivity index (χ1v) is 8.94. The first-order chi connectivity index (χ1) is 11.6. The minimum absolute atomic E-state index is 0. The zero-order valence-electron chi connectivity index (χ0n) is 15.3. The molecule has 0 aliphatic heterocycles. The average Bonchev–Trinajstić information content (AvgIpc) is 2.91. The number of rotatable bonds is 7. The molecule has 0 radical (unpaired) electrons. The van der Waals surface area contributed by atoms with E-state index in [1.807, 2.05) is 19.1 Å². The summed E-state index contributed by atoms with van der Waals surface area (Å²) in [5.41, 5.74) is 2.41. The molecule has 2 aromatic rings. The zero-order chi connectivity index (χ0) is 17.4. The normalized spacial score (nSPS) is 11.0. The van der Waals surface area contributed by atoms with E-state index in [1.54, 1.807) is 25.5 Å². The fourth-order valence-electron chi connectivity index (χ4n) is 2.44. The zero-order valence-corrected chi connectivity index (χ0v) is 18.4. The molecule has 0 aliphatic rings. The Balaban J connectivity index is 0.00000312. The summed E-state index contributed by atoms with van der Waals surface area (Å²) in [6, 6.07) is 8.15. The number of ether oxygens (including phenoxy) is 1. The minimum atomic E-state index is 0. The molecule has 0 saturated carbocycles. The second-order valence-electron chi connectivity index (χ2n) is 5.52. The van der Waals surface area contributed by atoms with Gasteiger partial charge in [-0.2, -0.15) is 0 Å². The lowest BCUT2D eigenvalue weighted by Gasteiger charge is -2.11. The Morgan fingerprint density at radius 2 is 1.76 bits per heavy atom. The molecule has 0 amide bonds. The highest BCUT2D eigenvalue weighted by atomic mass is 127. The SMILES string of the molecule is CN=C(NCCc1ccc(OC)cc1)NCCc1sc(C)nc1C.I. The molecule has 1 aromatic heterocycles. The maximum Gasteiger partial charge on any atom is 0.190 e. The lowest BCUT2D eigenvalue weighted by Crippen LogP contribution is -2.39. The summed E-state index contributed by atoms with van der Waals surface area (Å²) in [5, 5.41) is 7.83. The van der Waals surface area contributed by atoms with Crippen LogP contribution in [0.4, 0.5) is 0 Å². The number of aromatic nitrogens is 1. The van der Waals surface area contributed by atoms with E-state index < -0.39 is 0 Å². The van der Waals surface area contributed by atoms with Gasteiger partial charge in [0, 0.05) is 31.4 Å². The number of nitrogens with zero attached hydrogens (tertiary/aromatic N) is 2. The van der Waals surface area contributed by atoms with Gasteiger partial charge in [0.25, 0.3) is 0 Å². The summed E-state index contributed by atoms with van der Waals surface area (Å²) in [7, 11) is 3.48. The van der Waals surface area contributed by atoms with E-state index in [-0.39, 0.29) is 24.0 Å². The van der Waals surface area contributed by atoms with Crippen LogP contribution >= 0.6 is 35.3 Å². The van der Waals surface area contributed by atoms with Crippen LogP contribution in [0.3, 0.4) is 0 Å². The molecule has 7 heteroatoms. The smallest absolute Gasteiger partial charge is 0.190 e. The molecule has 0 aliphatic carbocycles. The number of thiazole rings is 1. The van der Waals surface area contributed by atoms with E-state index in [1.165, 1.54) is 10.4 Å². The lowest BCUT2D eigenvalue weighted by molar-refractivity contribution is 0.414. The van der Waals surface area contributed by atoms with E-state index in [4.69, 9.17) is 4.74 Å². The van der Waals surface area contributed by atoms with Gasteiger partial charge in [-0.3, -0.25) is 4.99 Å².